The van der Waals surface area contributed by atoms with Gasteiger partial charge in [0.25, 0.3) is 0 Å². The number of carboxylic acid groups (broad SMARTS) is 1. The van der Waals surface area contributed by atoms with E-state index in [0.717, 1.165) is 22.5 Å². The molecule has 0 aliphatic carbocycles. The van der Waals surface area contributed by atoms with Gasteiger partial charge in [0.05, 0.1) is 11.3 Å². The molecule has 20 heavy (non-hydrogen) atoms. The third-order valence-corrected chi connectivity index (χ3v) is 4.38. The highest BCUT2D eigenvalue weighted by molar-refractivity contribution is 7.15. The minimum Gasteiger partial charge on any atom is -0.481 e. The molecule has 3 nitrogen and oxygen atoms in total. The standard InChI is InChI=1S/C16H15NO2S/c1-2-11-3-5-12(6-4-11)13-7-15-17(9-13)14(10-20-15)8-16(18)19/h3-7,9-10H,2,8H2,1H3,(H,18,19). The number of hydrogen-bond acceptors (Lipinski definition) is 2. The highest BCUT2D eigenvalue weighted by atomic mass is 32.1. The first-order chi connectivity index (χ1) is 9.67. The van der Waals surface area contributed by atoms with E-state index in [-0.39, 0.29) is 6.42 Å². The molecule has 0 bridgehead atoms. The minimum absolute atomic E-state index is 0.0584. The third kappa shape index (κ3) is 2.34. The van der Waals surface area contributed by atoms with Crippen molar-refractivity contribution in [1.82, 2.24) is 4.40 Å². The number of hydrogen-bond donors (Lipinski definition) is 1. The predicted molar refractivity (Wildman–Crippen MR) is 81.4 cm³/mol. The molecule has 102 valence electrons. The van der Waals surface area contributed by atoms with Gasteiger partial charge < -0.3 is 9.51 Å². The van der Waals surface area contributed by atoms with Crippen molar-refractivity contribution in [3.8, 4) is 11.1 Å². The highest BCUT2D eigenvalue weighted by Gasteiger charge is 2.10. The van der Waals surface area contributed by atoms with E-state index < -0.39 is 5.97 Å². The fraction of sp³-hybridized carbons (Fsp3) is 0.188. The average Bonchev–Trinajstić information content (AvgIpc) is 3.01. The Morgan fingerprint density at radius 1 is 1.25 bits per heavy atom. The summed E-state index contributed by atoms with van der Waals surface area (Å²) >= 11 is 1.58. The van der Waals surface area contributed by atoms with Crippen LogP contribution in [-0.2, 0) is 17.6 Å². The van der Waals surface area contributed by atoms with Crippen LogP contribution < -0.4 is 0 Å². The third-order valence-electron chi connectivity index (χ3n) is 3.44. The molecule has 1 aromatic carbocycles. The molecule has 2 aromatic heterocycles. The summed E-state index contributed by atoms with van der Waals surface area (Å²) in [6.45, 7) is 2.14. The summed E-state index contributed by atoms with van der Waals surface area (Å²) in [6.07, 6.45) is 3.11. The van der Waals surface area contributed by atoms with E-state index in [2.05, 4.69) is 37.3 Å². The van der Waals surface area contributed by atoms with E-state index in [1.807, 2.05) is 16.0 Å². The van der Waals surface area contributed by atoms with E-state index in [1.54, 1.807) is 11.3 Å². The average molecular weight is 285 g/mol. The largest absolute Gasteiger partial charge is 0.481 e. The quantitative estimate of drug-likeness (QED) is 0.791. The first kappa shape index (κ1) is 12.9. The normalized spacial score (nSPS) is 11.1. The molecule has 2 heterocycles. The zero-order chi connectivity index (χ0) is 14.1. The first-order valence-corrected chi connectivity index (χ1v) is 7.45. The summed E-state index contributed by atoms with van der Waals surface area (Å²) in [5.41, 5.74) is 4.45. The van der Waals surface area contributed by atoms with Gasteiger partial charge in [-0.2, -0.15) is 0 Å². The Morgan fingerprint density at radius 2 is 2.00 bits per heavy atom. The molecular weight excluding hydrogens is 270 g/mol. The molecule has 0 radical (unpaired) electrons. The zero-order valence-electron chi connectivity index (χ0n) is 11.2. The van der Waals surface area contributed by atoms with E-state index in [4.69, 9.17) is 5.11 Å². The molecule has 0 atom stereocenters. The molecule has 0 aliphatic heterocycles. The topological polar surface area (TPSA) is 41.7 Å². The Balaban J connectivity index is 1.99. The molecular formula is C16H15NO2S. The van der Waals surface area contributed by atoms with Gasteiger partial charge in [0.15, 0.2) is 0 Å². The SMILES string of the molecule is CCc1ccc(-c2cc3scc(CC(=O)O)n3c2)cc1. The van der Waals surface area contributed by atoms with Crippen LogP contribution in [0.4, 0.5) is 0 Å². The molecule has 0 saturated carbocycles. The predicted octanol–water partition coefficient (Wildman–Crippen LogP) is 3.86. The summed E-state index contributed by atoms with van der Waals surface area (Å²) in [4.78, 5) is 11.9. The number of thiazole rings is 1. The second kappa shape index (κ2) is 5.13. The number of carbonyl (C=O) groups is 1. The van der Waals surface area contributed by atoms with Crippen LogP contribution in [-0.4, -0.2) is 15.5 Å². The second-order valence-electron chi connectivity index (χ2n) is 4.79. The molecule has 0 amide bonds. The number of nitrogens with zero attached hydrogens (tertiary/aromatic N) is 1. The zero-order valence-corrected chi connectivity index (χ0v) is 12.0. The van der Waals surface area contributed by atoms with Gasteiger partial charge in [0.2, 0.25) is 0 Å². The Hall–Kier alpha value is -2.07. The van der Waals surface area contributed by atoms with Crippen molar-refractivity contribution in [2.75, 3.05) is 0 Å². The molecule has 3 aromatic rings. The van der Waals surface area contributed by atoms with E-state index in [0.29, 0.717) is 0 Å². The lowest BCUT2D eigenvalue weighted by molar-refractivity contribution is -0.136. The first-order valence-electron chi connectivity index (χ1n) is 6.57. The summed E-state index contributed by atoms with van der Waals surface area (Å²) in [7, 11) is 0. The molecule has 0 aliphatic rings. The van der Waals surface area contributed by atoms with Crippen molar-refractivity contribution in [2.24, 2.45) is 0 Å². The van der Waals surface area contributed by atoms with Gasteiger partial charge in [-0.15, -0.1) is 11.3 Å². The van der Waals surface area contributed by atoms with Crippen molar-refractivity contribution >= 4 is 22.1 Å². The van der Waals surface area contributed by atoms with Crippen molar-refractivity contribution in [3.05, 3.63) is 53.2 Å². The summed E-state index contributed by atoms with van der Waals surface area (Å²) in [5, 5.41) is 10.8. The van der Waals surface area contributed by atoms with Crippen LogP contribution in [0.1, 0.15) is 18.2 Å². The van der Waals surface area contributed by atoms with Crippen molar-refractivity contribution in [2.45, 2.75) is 19.8 Å². The minimum atomic E-state index is -0.799. The number of aliphatic carboxylic acids is 1. The second-order valence-corrected chi connectivity index (χ2v) is 5.67. The molecule has 0 fully saturated rings. The van der Waals surface area contributed by atoms with Crippen molar-refractivity contribution in [1.29, 1.82) is 0 Å². The molecule has 3 rings (SSSR count). The van der Waals surface area contributed by atoms with Crippen LogP contribution in [0.15, 0.2) is 41.9 Å². The van der Waals surface area contributed by atoms with Crippen LogP contribution in [0.3, 0.4) is 0 Å². The number of rotatable bonds is 4. The number of aryl methyl sites for hydroxylation is 1. The van der Waals surface area contributed by atoms with Gasteiger partial charge in [-0.25, -0.2) is 0 Å². The number of carboxylic acids is 1. The Bertz CT molecular complexity index is 752. The van der Waals surface area contributed by atoms with Crippen LogP contribution in [0.2, 0.25) is 0 Å². The van der Waals surface area contributed by atoms with E-state index >= 15 is 0 Å². The fourth-order valence-corrected chi connectivity index (χ4v) is 3.25. The smallest absolute Gasteiger partial charge is 0.309 e. The molecule has 1 N–H and O–H groups in total. The van der Waals surface area contributed by atoms with E-state index in [9.17, 15) is 4.79 Å². The molecule has 0 saturated heterocycles. The molecule has 0 spiro atoms. The van der Waals surface area contributed by atoms with Gasteiger partial charge in [-0.1, -0.05) is 31.2 Å². The van der Waals surface area contributed by atoms with Crippen molar-refractivity contribution < 1.29 is 9.90 Å². The summed E-state index contributed by atoms with van der Waals surface area (Å²) in [6, 6.07) is 10.6. The maximum absolute atomic E-state index is 10.8. The van der Waals surface area contributed by atoms with E-state index in [1.165, 1.54) is 11.1 Å². The Labute approximate surface area is 121 Å². The number of aromatic nitrogens is 1. The fourth-order valence-electron chi connectivity index (χ4n) is 2.32. The van der Waals surface area contributed by atoms with Crippen LogP contribution in [0.5, 0.6) is 0 Å². The van der Waals surface area contributed by atoms with Crippen LogP contribution in [0, 0.1) is 0 Å². The van der Waals surface area contributed by atoms with Gasteiger partial charge in [0, 0.05) is 22.8 Å². The lowest BCUT2D eigenvalue weighted by Gasteiger charge is -2.00. The highest BCUT2D eigenvalue weighted by Crippen LogP contribution is 2.27. The molecule has 4 heteroatoms. The monoisotopic (exact) mass is 285 g/mol. The Morgan fingerprint density at radius 3 is 2.65 bits per heavy atom. The molecule has 0 unspecified atom stereocenters. The van der Waals surface area contributed by atoms with Gasteiger partial charge in [-0.05, 0) is 23.6 Å². The van der Waals surface area contributed by atoms with Gasteiger partial charge in [0.1, 0.15) is 0 Å². The van der Waals surface area contributed by atoms with Gasteiger partial charge in [-0.3, -0.25) is 4.79 Å². The lowest BCUT2D eigenvalue weighted by atomic mass is 10.1. The Kier molecular flexibility index (Phi) is 3.32. The van der Waals surface area contributed by atoms with Crippen LogP contribution >= 0.6 is 11.3 Å². The summed E-state index contributed by atoms with van der Waals surface area (Å²) in [5.74, 6) is -0.799. The maximum Gasteiger partial charge on any atom is 0.309 e. The maximum atomic E-state index is 10.8. The van der Waals surface area contributed by atoms with Crippen LogP contribution in [0.25, 0.3) is 16.0 Å². The summed E-state index contributed by atoms with van der Waals surface area (Å²) < 4.78 is 1.97. The number of fused-ring (bicyclic) bond motifs is 1. The lowest BCUT2D eigenvalue weighted by Crippen LogP contribution is -2.01. The number of benzene rings is 1. The van der Waals surface area contributed by atoms with Gasteiger partial charge >= 0.3 is 5.97 Å². The van der Waals surface area contributed by atoms with Crippen molar-refractivity contribution in [3.63, 3.8) is 0 Å².